The molecule has 1 aliphatic heterocycles. The zero-order valence-electron chi connectivity index (χ0n) is 8.07. The highest BCUT2D eigenvalue weighted by molar-refractivity contribution is 9.10. The second-order valence-corrected chi connectivity index (χ2v) is 4.19. The number of carbonyl (C=O) groups excluding carboxylic acids is 1. The van der Waals surface area contributed by atoms with Crippen LogP contribution in [0.3, 0.4) is 0 Å². The molecule has 5 heteroatoms. The van der Waals surface area contributed by atoms with Crippen LogP contribution in [-0.4, -0.2) is 19.0 Å². The van der Waals surface area contributed by atoms with Crippen molar-refractivity contribution in [2.24, 2.45) is 5.73 Å². The normalized spacial score (nSPS) is 13.3. The molecule has 1 aromatic carbocycles. The lowest BCUT2D eigenvalue weighted by molar-refractivity contribution is -0.117. The molecule has 1 heterocycles. The van der Waals surface area contributed by atoms with Crippen LogP contribution in [0.25, 0.3) is 0 Å². The van der Waals surface area contributed by atoms with E-state index < -0.39 is 0 Å². The van der Waals surface area contributed by atoms with Gasteiger partial charge in [-0.3, -0.25) is 4.79 Å². The number of hydrogen-bond acceptors (Lipinski definition) is 2. The molecule has 0 unspecified atom stereocenters. The van der Waals surface area contributed by atoms with Crippen molar-refractivity contribution < 1.29 is 4.79 Å². The molecular formula is C10H12BrClN2O. The topological polar surface area (TPSA) is 46.3 Å². The van der Waals surface area contributed by atoms with Gasteiger partial charge in [-0.2, -0.15) is 0 Å². The highest BCUT2D eigenvalue weighted by atomic mass is 79.9. The highest BCUT2D eigenvalue weighted by Crippen LogP contribution is 2.30. The SMILES string of the molecule is Cl.NCC(=O)N1CCc2ccc(Br)cc21. The van der Waals surface area contributed by atoms with Crippen molar-refractivity contribution >= 4 is 39.9 Å². The number of amides is 1. The van der Waals surface area contributed by atoms with Crippen molar-refractivity contribution in [3.05, 3.63) is 28.2 Å². The molecule has 0 atom stereocenters. The number of hydrogen-bond donors (Lipinski definition) is 1. The van der Waals surface area contributed by atoms with Crippen molar-refractivity contribution in [3.63, 3.8) is 0 Å². The Labute approximate surface area is 103 Å². The summed E-state index contributed by atoms with van der Waals surface area (Å²) in [6.07, 6.45) is 0.925. The molecule has 0 bridgehead atoms. The Hall–Kier alpha value is -0.580. The quantitative estimate of drug-likeness (QED) is 0.856. The van der Waals surface area contributed by atoms with Crippen LogP contribution in [0.4, 0.5) is 5.69 Å². The van der Waals surface area contributed by atoms with Gasteiger partial charge in [0.25, 0.3) is 0 Å². The second-order valence-electron chi connectivity index (χ2n) is 3.27. The number of nitrogens with zero attached hydrogens (tertiary/aromatic N) is 1. The molecule has 1 amide bonds. The number of rotatable bonds is 1. The van der Waals surface area contributed by atoms with Crippen LogP contribution in [0.15, 0.2) is 22.7 Å². The van der Waals surface area contributed by atoms with E-state index in [9.17, 15) is 4.79 Å². The first-order valence-corrected chi connectivity index (χ1v) is 5.30. The lowest BCUT2D eigenvalue weighted by Gasteiger charge is -2.16. The number of benzene rings is 1. The van der Waals surface area contributed by atoms with Gasteiger partial charge in [0, 0.05) is 16.7 Å². The number of fused-ring (bicyclic) bond motifs is 1. The molecule has 1 aliphatic rings. The van der Waals surface area contributed by atoms with Gasteiger partial charge >= 0.3 is 0 Å². The minimum Gasteiger partial charge on any atom is -0.322 e. The Bertz CT molecular complexity index is 384. The van der Waals surface area contributed by atoms with Gasteiger partial charge < -0.3 is 10.6 Å². The zero-order valence-corrected chi connectivity index (χ0v) is 10.5. The summed E-state index contributed by atoms with van der Waals surface area (Å²) in [5.41, 5.74) is 7.56. The number of carbonyl (C=O) groups is 1. The van der Waals surface area contributed by atoms with E-state index in [0.717, 1.165) is 23.1 Å². The summed E-state index contributed by atoms with van der Waals surface area (Å²) in [6, 6.07) is 6.01. The van der Waals surface area contributed by atoms with Gasteiger partial charge in [-0.05, 0) is 24.1 Å². The summed E-state index contributed by atoms with van der Waals surface area (Å²) in [7, 11) is 0. The van der Waals surface area contributed by atoms with E-state index >= 15 is 0 Å². The van der Waals surface area contributed by atoms with Crippen LogP contribution in [0.5, 0.6) is 0 Å². The molecule has 1 aromatic rings. The molecule has 2 N–H and O–H groups in total. The maximum Gasteiger partial charge on any atom is 0.240 e. The molecule has 3 nitrogen and oxygen atoms in total. The van der Waals surface area contributed by atoms with Gasteiger partial charge in [-0.25, -0.2) is 0 Å². The van der Waals surface area contributed by atoms with E-state index in [1.807, 2.05) is 18.2 Å². The number of anilines is 1. The van der Waals surface area contributed by atoms with E-state index in [1.54, 1.807) is 4.90 Å². The molecule has 0 saturated carbocycles. The average Bonchev–Trinajstić information content (AvgIpc) is 2.59. The minimum absolute atomic E-state index is 0. The molecule has 82 valence electrons. The summed E-state index contributed by atoms with van der Waals surface area (Å²) >= 11 is 3.39. The minimum atomic E-state index is -0.0122. The smallest absolute Gasteiger partial charge is 0.240 e. The number of halogens is 2. The third-order valence-electron chi connectivity index (χ3n) is 2.42. The first-order chi connectivity index (χ1) is 6.72. The molecule has 0 radical (unpaired) electrons. The van der Waals surface area contributed by atoms with E-state index in [4.69, 9.17) is 5.73 Å². The fraction of sp³-hybridized carbons (Fsp3) is 0.300. The van der Waals surface area contributed by atoms with Gasteiger partial charge in [0.15, 0.2) is 0 Å². The van der Waals surface area contributed by atoms with E-state index in [-0.39, 0.29) is 24.9 Å². The van der Waals surface area contributed by atoms with E-state index in [2.05, 4.69) is 15.9 Å². The van der Waals surface area contributed by atoms with Crippen LogP contribution in [0.1, 0.15) is 5.56 Å². The van der Waals surface area contributed by atoms with Gasteiger partial charge in [-0.1, -0.05) is 22.0 Å². The van der Waals surface area contributed by atoms with Crippen molar-refractivity contribution in [1.82, 2.24) is 0 Å². The Morgan fingerprint density at radius 1 is 1.53 bits per heavy atom. The molecule has 0 aliphatic carbocycles. The summed E-state index contributed by atoms with van der Waals surface area (Å²) in [5.74, 6) is -0.0122. The van der Waals surface area contributed by atoms with Gasteiger partial charge in [0.1, 0.15) is 0 Å². The third-order valence-corrected chi connectivity index (χ3v) is 2.91. The van der Waals surface area contributed by atoms with Crippen LogP contribution in [-0.2, 0) is 11.2 Å². The van der Waals surface area contributed by atoms with Crippen LogP contribution < -0.4 is 10.6 Å². The molecule has 0 aromatic heterocycles. The Balaban J connectivity index is 0.00000112. The fourth-order valence-corrected chi connectivity index (χ4v) is 2.07. The highest BCUT2D eigenvalue weighted by Gasteiger charge is 2.23. The maximum atomic E-state index is 11.5. The number of nitrogens with two attached hydrogens (primary N) is 1. The van der Waals surface area contributed by atoms with Crippen LogP contribution in [0, 0.1) is 0 Å². The molecule has 2 rings (SSSR count). The summed E-state index contributed by atoms with van der Waals surface area (Å²) in [6.45, 7) is 0.827. The average molecular weight is 292 g/mol. The molecule has 0 spiro atoms. The van der Waals surface area contributed by atoms with Gasteiger partial charge in [0.2, 0.25) is 5.91 Å². The Kier molecular flexibility index (Phi) is 4.13. The van der Waals surface area contributed by atoms with Gasteiger partial charge in [-0.15, -0.1) is 12.4 Å². The lowest BCUT2D eigenvalue weighted by atomic mass is 10.2. The van der Waals surface area contributed by atoms with Crippen LogP contribution >= 0.6 is 28.3 Å². The van der Waals surface area contributed by atoms with Crippen LogP contribution in [0.2, 0.25) is 0 Å². The molecule has 0 saturated heterocycles. The van der Waals surface area contributed by atoms with E-state index in [1.165, 1.54) is 5.56 Å². The van der Waals surface area contributed by atoms with Crippen molar-refractivity contribution in [2.45, 2.75) is 6.42 Å². The Morgan fingerprint density at radius 2 is 2.27 bits per heavy atom. The fourth-order valence-electron chi connectivity index (χ4n) is 1.72. The third kappa shape index (κ3) is 2.33. The molecule has 15 heavy (non-hydrogen) atoms. The maximum absolute atomic E-state index is 11.5. The zero-order chi connectivity index (χ0) is 10.1. The Morgan fingerprint density at radius 3 is 2.93 bits per heavy atom. The molecular weight excluding hydrogens is 279 g/mol. The van der Waals surface area contributed by atoms with E-state index in [0.29, 0.717) is 0 Å². The first kappa shape index (κ1) is 12.5. The van der Waals surface area contributed by atoms with Crippen molar-refractivity contribution in [1.29, 1.82) is 0 Å². The summed E-state index contributed by atoms with van der Waals surface area (Å²) < 4.78 is 0.993. The summed E-state index contributed by atoms with van der Waals surface area (Å²) in [5, 5.41) is 0. The van der Waals surface area contributed by atoms with Crippen molar-refractivity contribution in [2.75, 3.05) is 18.0 Å². The predicted octanol–water partition coefficient (Wildman–Crippen LogP) is 1.72. The van der Waals surface area contributed by atoms with Gasteiger partial charge in [0.05, 0.1) is 6.54 Å². The standard InChI is InChI=1S/C10H11BrN2O.ClH/c11-8-2-1-7-3-4-13(9(7)5-8)10(14)6-12;/h1-2,5H,3-4,6,12H2;1H. The molecule has 0 fully saturated rings. The predicted molar refractivity (Wildman–Crippen MR) is 66.5 cm³/mol. The second kappa shape index (κ2) is 4.96. The first-order valence-electron chi connectivity index (χ1n) is 4.51. The monoisotopic (exact) mass is 290 g/mol. The largest absolute Gasteiger partial charge is 0.322 e. The summed E-state index contributed by atoms with van der Waals surface area (Å²) in [4.78, 5) is 13.2. The van der Waals surface area contributed by atoms with Crippen molar-refractivity contribution in [3.8, 4) is 0 Å². The lowest BCUT2D eigenvalue weighted by Crippen LogP contribution is -2.34.